The Balaban J connectivity index is 3.60. The molecule has 0 heterocycles. The van der Waals surface area contributed by atoms with Gasteiger partial charge in [-0.25, -0.2) is 22.0 Å². The molecular weight excluding hydrogens is 284 g/mol. The van der Waals surface area contributed by atoms with Gasteiger partial charge in [0.15, 0.2) is 29.0 Å². The molecule has 0 aromatic heterocycles. The van der Waals surface area contributed by atoms with E-state index in [4.69, 9.17) is 21.4 Å². The maximum atomic E-state index is 12.8. The molecule has 1 nitrogen and oxygen atoms in total. The van der Waals surface area contributed by atoms with Crippen LogP contribution in [-0.2, 0) is 9.12 Å². The first-order valence-corrected chi connectivity index (χ1v) is 5.99. The van der Waals surface area contributed by atoms with Gasteiger partial charge in [-0.1, -0.05) is 0 Å². The van der Waals surface area contributed by atoms with E-state index in [2.05, 4.69) is 4.36 Å². The second-order valence-corrected chi connectivity index (χ2v) is 5.01. The van der Waals surface area contributed by atoms with E-state index in [-0.39, 0.29) is 0 Å². The third-order valence-electron chi connectivity index (χ3n) is 1.35. The van der Waals surface area contributed by atoms with E-state index in [1.165, 1.54) is 0 Å². The van der Waals surface area contributed by atoms with Gasteiger partial charge in [0.1, 0.15) is 0 Å². The van der Waals surface area contributed by atoms with Crippen molar-refractivity contribution in [3.63, 3.8) is 0 Å². The van der Waals surface area contributed by atoms with Crippen LogP contribution < -0.4 is 0 Å². The van der Waals surface area contributed by atoms with Crippen molar-refractivity contribution in [3.8, 4) is 0 Å². The average Bonchev–Trinajstić information content (AvgIpc) is 2.18. The number of nitrogens with zero attached hydrogens (tertiary/aromatic N) is 1. The topological polar surface area (TPSA) is 12.4 Å². The minimum Gasteiger partial charge on any atom is -0.201 e. The van der Waals surface area contributed by atoms with Crippen LogP contribution >= 0.6 is 21.4 Å². The molecule has 0 aliphatic rings. The van der Waals surface area contributed by atoms with Crippen molar-refractivity contribution < 1.29 is 22.0 Å². The number of hydrogen-bond acceptors (Lipinski definition) is 1. The molecule has 0 saturated heterocycles. The smallest absolute Gasteiger partial charge is 0.200 e. The van der Waals surface area contributed by atoms with Gasteiger partial charge in [0.25, 0.3) is 0 Å². The quantitative estimate of drug-likeness (QED) is 0.418. The molecule has 0 radical (unpaired) electrons. The third kappa shape index (κ3) is 2.40. The van der Waals surface area contributed by atoms with E-state index in [1.54, 1.807) is 0 Å². The van der Waals surface area contributed by atoms with E-state index in [0.717, 1.165) is 0 Å². The van der Waals surface area contributed by atoms with Gasteiger partial charge in [0, 0.05) is 0 Å². The summed E-state index contributed by atoms with van der Waals surface area (Å²) in [5, 5.41) is 0. The molecular formula is C6Cl2F5NS. The molecule has 0 fully saturated rings. The van der Waals surface area contributed by atoms with Crippen molar-refractivity contribution in [1.82, 2.24) is 0 Å². The first-order chi connectivity index (χ1) is 6.86. The van der Waals surface area contributed by atoms with Crippen molar-refractivity contribution in [2.75, 3.05) is 0 Å². The zero-order chi connectivity index (χ0) is 11.7. The lowest BCUT2D eigenvalue weighted by Crippen LogP contribution is -2.00. The molecule has 1 aromatic carbocycles. The predicted octanol–water partition coefficient (Wildman–Crippen LogP) is 4.12. The van der Waals surface area contributed by atoms with Crippen LogP contribution in [0.5, 0.6) is 0 Å². The summed E-state index contributed by atoms with van der Waals surface area (Å²) in [6.45, 7) is 0. The van der Waals surface area contributed by atoms with Crippen LogP contribution in [0.2, 0.25) is 0 Å². The maximum Gasteiger partial charge on any atom is 0.200 e. The Bertz CT molecular complexity index is 417. The highest BCUT2D eigenvalue weighted by atomic mass is 36.0. The Morgan fingerprint density at radius 1 is 0.733 bits per heavy atom. The molecule has 0 amide bonds. The zero-order valence-electron chi connectivity index (χ0n) is 6.50. The number of benzene rings is 1. The van der Waals surface area contributed by atoms with Gasteiger partial charge >= 0.3 is 0 Å². The van der Waals surface area contributed by atoms with Crippen LogP contribution in [0.15, 0.2) is 4.36 Å². The fourth-order valence-electron chi connectivity index (χ4n) is 0.742. The van der Waals surface area contributed by atoms with Crippen molar-refractivity contribution in [3.05, 3.63) is 29.1 Å². The molecule has 0 unspecified atom stereocenters. The fraction of sp³-hybridized carbons (Fsp3) is 0. The SMILES string of the molecule is Fc1c(F)c(F)c(N=S(Cl)Cl)c(F)c1F. The highest BCUT2D eigenvalue weighted by molar-refractivity contribution is 8.28. The first kappa shape index (κ1) is 12.7. The molecule has 0 atom stereocenters. The van der Waals surface area contributed by atoms with Crippen LogP contribution in [0, 0.1) is 29.1 Å². The van der Waals surface area contributed by atoms with E-state index >= 15 is 0 Å². The highest BCUT2D eigenvalue weighted by Gasteiger charge is 2.25. The number of rotatable bonds is 1. The summed E-state index contributed by atoms with van der Waals surface area (Å²) in [5.74, 6) is -10.6. The second-order valence-electron chi connectivity index (χ2n) is 2.21. The van der Waals surface area contributed by atoms with Gasteiger partial charge in [-0.15, -0.1) is 0 Å². The molecule has 1 aromatic rings. The third-order valence-corrected chi connectivity index (χ3v) is 2.08. The number of halogens is 7. The lowest BCUT2D eigenvalue weighted by molar-refractivity contribution is 0.381. The normalized spacial score (nSPS) is 10.9. The van der Waals surface area contributed by atoms with Crippen molar-refractivity contribution in [2.45, 2.75) is 0 Å². The van der Waals surface area contributed by atoms with Gasteiger partial charge in [-0.3, -0.25) is 0 Å². The molecule has 9 heteroatoms. The van der Waals surface area contributed by atoms with E-state index < -0.39 is 43.9 Å². The average molecular weight is 284 g/mol. The Morgan fingerprint density at radius 3 is 1.40 bits per heavy atom. The van der Waals surface area contributed by atoms with Crippen molar-refractivity contribution in [2.24, 2.45) is 4.36 Å². The van der Waals surface area contributed by atoms with E-state index in [9.17, 15) is 22.0 Å². The molecule has 0 bridgehead atoms. The lowest BCUT2D eigenvalue weighted by atomic mass is 10.2. The summed E-state index contributed by atoms with van der Waals surface area (Å²) < 4.78 is 66.2. The molecule has 0 aliphatic heterocycles. The number of hydrogen-bond donors (Lipinski definition) is 0. The molecule has 84 valence electrons. The summed E-state index contributed by atoms with van der Waals surface area (Å²) in [6.07, 6.45) is 0. The monoisotopic (exact) mass is 283 g/mol. The first-order valence-electron chi connectivity index (χ1n) is 3.16. The van der Waals surface area contributed by atoms with Crippen molar-refractivity contribution in [1.29, 1.82) is 0 Å². The van der Waals surface area contributed by atoms with E-state index in [1.807, 2.05) is 0 Å². The van der Waals surface area contributed by atoms with E-state index in [0.29, 0.717) is 0 Å². The summed E-state index contributed by atoms with van der Waals surface area (Å²) in [5.41, 5.74) is -1.38. The molecule has 1 rings (SSSR count). The molecule has 0 aliphatic carbocycles. The van der Waals surface area contributed by atoms with Gasteiger partial charge in [0.05, 0.1) is 9.12 Å². The summed E-state index contributed by atoms with van der Waals surface area (Å²) in [4.78, 5) is 0. The lowest BCUT2D eigenvalue weighted by Gasteiger charge is -2.02. The largest absolute Gasteiger partial charge is 0.201 e. The standard InChI is InChI=1S/C6Cl2F5NS/c7-15(8)14-6-4(12)2(10)1(9)3(11)5(6)13. The Morgan fingerprint density at radius 2 is 1.07 bits per heavy atom. The Hall–Kier alpha value is -0.400. The molecule has 0 spiro atoms. The highest BCUT2D eigenvalue weighted by Crippen LogP contribution is 2.30. The van der Waals surface area contributed by atoms with Crippen LogP contribution in [0.25, 0.3) is 0 Å². The molecule has 15 heavy (non-hydrogen) atoms. The van der Waals surface area contributed by atoms with Crippen LogP contribution in [-0.4, -0.2) is 0 Å². The second kappa shape index (κ2) is 4.63. The van der Waals surface area contributed by atoms with Gasteiger partial charge in [-0.05, 0) is 21.4 Å². The van der Waals surface area contributed by atoms with Gasteiger partial charge in [0.2, 0.25) is 5.82 Å². The zero-order valence-corrected chi connectivity index (χ0v) is 8.83. The maximum absolute atomic E-state index is 12.8. The van der Waals surface area contributed by atoms with Crippen LogP contribution in [0.4, 0.5) is 27.6 Å². The predicted molar refractivity (Wildman–Crippen MR) is 47.4 cm³/mol. The Kier molecular flexibility index (Phi) is 3.91. The van der Waals surface area contributed by atoms with Crippen LogP contribution in [0.1, 0.15) is 0 Å². The van der Waals surface area contributed by atoms with Gasteiger partial charge < -0.3 is 0 Å². The Labute approximate surface area is 91.9 Å². The molecule has 0 N–H and O–H groups in total. The molecule has 0 saturated carbocycles. The fourth-order valence-corrected chi connectivity index (χ4v) is 1.45. The van der Waals surface area contributed by atoms with Crippen LogP contribution in [0.3, 0.4) is 0 Å². The summed E-state index contributed by atoms with van der Waals surface area (Å²) >= 11 is 0. The summed E-state index contributed by atoms with van der Waals surface area (Å²) in [6, 6.07) is 0. The van der Waals surface area contributed by atoms with Crippen molar-refractivity contribution >= 4 is 36.2 Å². The minimum absolute atomic E-state index is 1.38. The summed E-state index contributed by atoms with van der Waals surface area (Å²) in [7, 11) is 8.23. The van der Waals surface area contributed by atoms with Gasteiger partial charge in [-0.2, -0.15) is 4.36 Å². The minimum atomic E-state index is -2.26.